The van der Waals surface area contributed by atoms with Gasteiger partial charge in [-0.05, 0) is 49.9 Å². The van der Waals surface area contributed by atoms with Crippen molar-refractivity contribution in [1.82, 2.24) is 14.7 Å². The minimum Gasteiger partial charge on any atom is -0.497 e. The molecule has 0 unspecified atom stereocenters. The molecule has 0 aromatic heterocycles. The fourth-order valence-electron chi connectivity index (χ4n) is 4.35. The van der Waals surface area contributed by atoms with Gasteiger partial charge in [0.25, 0.3) is 5.91 Å². The number of likely N-dealkylation sites (tertiary alicyclic amines) is 1. The first-order chi connectivity index (χ1) is 15.4. The lowest BCUT2D eigenvalue weighted by molar-refractivity contribution is -0.133. The Bertz CT molecular complexity index is 847. The van der Waals surface area contributed by atoms with Gasteiger partial charge in [-0.3, -0.25) is 10.0 Å². The second-order valence-corrected chi connectivity index (χ2v) is 10.4. The van der Waals surface area contributed by atoms with Crippen LogP contribution in [0, 0.1) is 0 Å². The van der Waals surface area contributed by atoms with Gasteiger partial charge in [0.2, 0.25) is 10.0 Å². The zero-order valence-corrected chi connectivity index (χ0v) is 19.5. The fourth-order valence-corrected chi connectivity index (χ4v) is 6.51. The number of hydrogen-bond acceptors (Lipinski definition) is 8. The van der Waals surface area contributed by atoms with E-state index in [4.69, 9.17) is 14.2 Å². The number of nitrogens with one attached hydrogen (secondary N) is 1. The van der Waals surface area contributed by atoms with E-state index in [1.165, 1.54) is 4.31 Å². The normalized spacial score (nSPS) is 20.6. The van der Waals surface area contributed by atoms with Crippen molar-refractivity contribution in [3.05, 3.63) is 24.3 Å². The van der Waals surface area contributed by atoms with Crippen LogP contribution >= 0.6 is 0 Å². The number of rotatable bonds is 9. The SMILES string of the molecule is COCCN1CCC(C(=O)NO)(S(=O)(=O)N2CCC(Oc3ccc(OC)cc3)CC2)CC1. The molecule has 2 N–H and O–H groups in total. The van der Waals surface area contributed by atoms with Gasteiger partial charge < -0.3 is 19.1 Å². The van der Waals surface area contributed by atoms with Gasteiger partial charge in [-0.15, -0.1) is 0 Å². The Balaban J connectivity index is 1.64. The van der Waals surface area contributed by atoms with E-state index >= 15 is 0 Å². The summed E-state index contributed by atoms with van der Waals surface area (Å²) in [7, 11) is -0.768. The van der Waals surface area contributed by atoms with Gasteiger partial charge in [-0.25, -0.2) is 18.2 Å². The van der Waals surface area contributed by atoms with E-state index < -0.39 is 20.7 Å². The molecular weight excluding hydrogens is 438 g/mol. The summed E-state index contributed by atoms with van der Waals surface area (Å²) in [6.07, 6.45) is 1.15. The van der Waals surface area contributed by atoms with E-state index in [2.05, 4.69) is 4.90 Å². The lowest BCUT2D eigenvalue weighted by atomic mass is 9.95. The van der Waals surface area contributed by atoms with Gasteiger partial charge in [0.15, 0.2) is 4.75 Å². The van der Waals surface area contributed by atoms with Crippen LogP contribution in [0.1, 0.15) is 25.7 Å². The topological polar surface area (TPSA) is 118 Å². The molecule has 0 atom stereocenters. The van der Waals surface area contributed by atoms with E-state index in [0.717, 1.165) is 5.75 Å². The number of benzene rings is 1. The van der Waals surface area contributed by atoms with Gasteiger partial charge in [0.05, 0.1) is 13.7 Å². The molecule has 0 bridgehead atoms. The zero-order valence-electron chi connectivity index (χ0n) is 18.7. The standard InChI is InChI=1S/C21H33N3O7S/c1-29-16-15-23-13-9-21(10-14-23,20(25)22-26)32(27,28)24-11-7-19(8-12-24)31-18-5-3-17(30-2)4-6-18/h3-6,19,26H,7-16H2,1-2H3,(H,22,25). The molecule has 0 radical (unpaired) electrons. The predicted octanol–water partition coefficient (Wildman–Crippen LogP) is 0.855. The molecule has 1 aromatic rings. The fraction of sp³-hybridized carbons (Fsp3) is 0.667. The average Bonchev–Trinajstić information content (AvgIpc) is 2.83. The van der Waals surface area contributed by atoms with Crippen LogP contribution in [0.25, 0.3) is 0 Å². The molecule has 2 aliphatic heterocycles. The number of hydrogen-bond donors (Lipinski definition) is 2. The Kier molecular flexibility index (Phi) is 8.34. The molecule has 11 heteroatoms. The van der Waals surface area contributed by atoms with Crippen molar-refractivity contribution in [2.45, 2.75) is 36.5 Å². The van der Waals surface area contributed by atoms with Gasteiger partial charge in [-0.2, -0.15) is 0 Å². The first kappa shape index (κ1) is 24.7. The maximum atomic E-state index is 13.6. The van der Waals surface area contributed by atoms with Crippen molar-refractivity contribution in [2.24, 2.45) is 0 Å². The number of ether oxygens (including phenoxy) is 3. The third-order valence-electron chi connectivity index (χ3n) is 6.39. The van der Waals surface area contributed by atoms with Crippen molar-refractivity contribution in [3.8, 4) is 11.5 Å². The van der Waals surface area contributed by atoms with Crippen molar-refractivity contribution < 1.29 is 32.6 Å². The highest BCUT2D eigenvalue weighted by atomic mass is 32.2. The Morgan fingerprint density at radius 3 is 2.22 bits per heavy atom. The molecule has 1 amide bonds. The molecule has 2 heterocycles. The van der Waals surface area contributed by atoms with E-state index in [0.29, 0.717) is 44.8 Å². The number of sulfonamides is 1. The highest BCUT2D eigenvalue weighted by Gasteiger charge is 2.55. The number of carbonyl (C=O) groups is 1. The third kappa shape index (κ3) is 5.18. The van der Waals surface area contributed by atoms with Crippen LogP contribution in [0.2, 0.25) is 0 Å². The van der Waals surface area contributed by atoms with Crippen LogP contribution in [0.4, 0.5) is 0 Å². The van der Waals surface area contributed by atoms with Gasteiger partial charge in [-0.1, -0.05) is 0 Å². The number of carbonyl (C=O) groups excluding carboxylic acids is 1. The molecule has 0 spiro atoms. The quantitative estimate of drug-likeness (QED) is 0.402. The van der Waals surface area contributed by atoms with E-state index in [1.807, 2.05) is 24.3 Å². The monoisotopic (exact) mass is 471 g/mol. The lowest BCUT2D eigenvalue weighted by Crippen LogP contribution is -2.62. The first-order valence-electron chi connectivity index (χ1n) is 10.8. The Morgan fingerprint density at radius 2 is 1.69 bits per heavy atom. The number of amides is 1. The zero-order chi connectivity index (χ0) is 23.2. The smallest absolute Gasteiger partial charge is 0.266 e. The summed E-state index contributed by atoms with van der Waals surface area (Å²) in [6, 6.07) is 7.26. The number of nitrogens with zero attached hydrogens (tertiary/aromatic N) is 2. The second-order valence-electron chi connectivity index (χ2n) is 8.17. The summed E-state index contributed by atoms with van der Waals surface area (Å²) in [4.78, 5) is 14.7. The maximum Gasteiger partial charge on any atom is 0.266 e. The molecular formula is C21H33N3O7S. The largest absolute Gasteiger partial charge is 0.497 e. The molecule has 0 saturated carbocycles. The molecule has 3 rings (SSSR count). The third-order valence-corrected chi connectivity index (χ3v) is 9.01. The van der Waals surface area contributed by atoms with E-state index in [9.17, 15) is 18.4 Å². The van der Waals surface area contributed by atoms with Crippen LogP contribution in [0.3, 0.4) is 0 Å². The van der Waals surface area contributed by atoms with Crippen molar-refractivity contribution in [2.75, 3.05) is 53.6 Å². The van der Waals surface area contributed by atoms with Crippen molar-refractivity contribution >= 4 is 15.9 Å². The Hall–Kier alpha value is -1.92. The van der Waals surface area contributed by atoms with Crippen molar-refractivity contribution in [3.63, 3.8) is 0 Å². The summed E-state index contributed by atoms with van der Waals surface area (Å²) in [6.45, 7) is 2.60. The minimum absolute atomic E-state index is 0.117. The van der Waals surface area contributed by atoms with Gasteiger partial charge in [0, 0.05) is 39.8 Å². The summed E-state index contributed by atoms with van der Waals surface area (Å²) < 4.78 is 43.1. The minimum atomic E-state index is -3.98. The highest BCUT2D eigenvalue weighted by molar-refractivity contribution is 7.91. The first-order valence-corrected chi connectivity index (χ1v) is 12.3. The maximum absolute atomic E-state index is 13.6. The Morgan fingerprint density at radius 1 is 1.09 bits per heavy atom. The van der Waals surface area contributed by atoms with Crippen LogP contribution in [0.15, 0.2) is 24.3 Å². The van der Waals surface area contributed by atoms with Crippen molar-refractivity contribution in [1.29, 1.82) is 0 Å². The molecule has 0 aliphatic carbocycles. The molecule has 2 saturated heterocycles. The summed E-state index contributed by atoms with van der Waals surface area (Å²) >= 11 is 0. The van der Waals surface area contributed by atoms with E-state index in [1.54, 1.807) is 19.7 Å². The Labute approximate surface area is 189 Å². The average molecular weight is 472 g/mol. The molecule has 2 fully saturated rings. The number of methoxy groups -OCH3 is 2. The second kappa shape index (κ2) is 10.8. The number of hydroxylamine groups is 1. The predicted molar refractivity (Wildman–Crippen MR) is 117 cm³/mol. The molecule has 32 heavy (non-hydrogen) atoms. The summed E-state index contributed by atoms with van der Waals surface area (Å²) in [5, 5.41) is 9.32. The molecule has 10 nitrogen and oxygen atoms in total. The van der Waals surface area contributed by atoms with Crippen LogP contribution < -0.4 is 15.0 Å². The van der Waals surface area contributed by atoms with Gasteiger partial charge in [0.1, 0.15) is 17.6 Å². The van der Waals surface area contributed by atoms with Gasteiger partial charge >= 0.3 is 0 Å². The van der Waals surface area contributed by atoms with Crippen LogP contribution in [-0.4, -0.2) is 93.1 Å². The molecule has 2 aliphatic rings. The van der Waals surface area contributed by atoms with Crippen LogP contribution in [0.5, 0.6) is 11.5 Å². The summed E-state index contributed by atoms with van der Waals surface area (Å²) in [5.74, 6) is 0.575. The highest BCUT2D eigenvalue weighted by Crippen LogP contribution is 2.35. The molecule has 180 valence electrons. The summed E-state index contributed by atoms with van der Waals surface area (Å²) in [5.41, 5.74) is 1.61. The van der Waals surface area contributed by atoms with Crippen LogP contribution in [-0.2, 0) is 19.6 Å². The molecule has 1 aromatic carbocycles. The van der Waals surface area contributed by atoms with E-state index in [-0.39, 0.29) is 32.0 Å². The lowest BCUT2D eigenvalue weighted by Gasteiger charge is -2.43. The number of piperidine rings is 2.